The lowest BCUT2D eigenvalue weighted by atomic mass is 10.1. The third-order valence-electron chi connectivity index (χ3n) is 5.02. The van der Waals surface area contributed by atoms with Gasteiger partial charge < -0.3 is 19.1 Å². The number of carbonyl (C=O) groups is 1. The number of hydrogen-bond donors (Lipinski definition) is 1. The Labute approximate surface area is 162 Å². The first-order valence-electron chi connectivity index (χ1n) is 9.31. The van der Waals surface area contributed by atoms with Crippen LogP contribution in [0, 0.1) is 5.82 Å². The molecule has 7 heteroatoms. The van der Waals surface area contributed by atoms with E-state index in [0.717, 1.165) is 18.8 Å². The van der Waals surface area contributed by atoms with E-state index in [1.807, 2.05) is 23.1 Å². The SMILES string of the molecule is O=C(NC[C@@H](c1ccco1)N1CCN(c2ccccc2F)CC1)c1ccco1. The largest absolute Gasteiger partial charge is 0.468 e. The van der Waals surface area contributed by atoms with Crippen LogP contribution in [0.3, 0.4) is 0 Å². The number of hydrogen-bond acceptors (Lipinski definition) is 5. The number of rotatable bonds is 6. The van der Waals surface area contributed by atoms with Gasteiger partial charge in [0.05, 0.1) is 24.3 Å². The third kappa shape index (κ3) is 3.94. The van der Waals surface area contributed by atoms with E-state index >= 15 is 0 Å². The number of anilines is 1. The van der Waals surface area contributed by atoms with Crippen LogP contribution in [0.5, 0.6) is 0 Å². The molecule has 2 aromatic heterocycles. The third-order valence-corrected chi connectivity index (χ3v) is 5.02. The Morgan fingerprint density at radius 2 is 1.75 bits per heavy atom. The van der Waals surface area contributed by atoms with Gasteiger partial charge in [-0.15, -0.1) is 0 Å². The molecule has 4 rings (SSSR count). The summed E-state index contributed by atoms with van der Waals surface area (Å²) in [4.78, 5) is 16.5. The van der Waals surface area contributed by atoms with Gasteiger partial charge in [-0.1, -0.05) is 12.1 Å². The summed E-state index contributed by atoms with van der Waals surface area (Å²) in [7, 11) is 0. The number of halogens is 1. The van der Waals surface area contributed by atoms with E-state index in [4.69, 9.17) is 8.83 Å². The van der Waals surface area contributed by atoms with Crippen LogP contribution in [0.2, 0.25) is 0 Å². The van der Waals surface area contributed by atoms with Crippen LogP contribution < -0.4 is 10.2 Å². The molecule has 1 aliphatic rings. The molecule has 1 aromatic carbocycles. The molecule has 1 N–H and O–H groups in total. The molecule has 1 atom stereocenters. The minimum absolute atomic E-state index is 0.100. The van der Waals surface area contributed by atoms with Crippen molar-refractivity contribution in [2.75, 3.05) is 37.6 Å². The van der Waals surface area contributed by atoms with Gasteiger partial charge in [0, 0.05) is 32.7 Å². The number of benzene rings is 1. The van der Waals surface area contributed by atoms with E-state index in [2.05, 4.69) is 10.2 Å². The van der Waals surface area contributed by atoms with Crippen molar-refractivity contribution in [3.63, 3.8) is 0 Å². The first-order chi connectivity index (χ1) is 13.7. The summed E-state index contributed by atoms with van der Waals surface area (Å²) < 4.78 is 24.8. The van der Waals surface area contributed by atoms with Gasteiger partial charge in [-0.3, -0.25) is 9.69 Å². The summed E-state index contributed by atoms with van der Waals surface area (Å²) in [5, 5.41) is 2.91. The smallest absolute Gasteiger partial charge is 0.287 e. The Bertz CT molecular complexity index is 888. The second-order valence-corrected chi connectivity index (χ2v) is 6.69. The fourth-order valence-corrected chi connectivity index (χ4v) is 3.56. The zero-order chi connectivity index (χ0) is 19.3. The lowest BCUT2D eigenvalue weighted by Crippen LogP contribution is -2.50. The van der Waals surface area contributed by atoms with Gasteiger partial charge in [-0.05, 0) is 36.4 Å². The molecule has 0 spiro atoms. The van der Waals surface area contributed by atoms with Gasteiger partial charge in [0.25, 0.3) is 5.91 Å². The number of amides is 1. The van der Waals surface area contributed by atoms with E-state index in [1.165, 1.54) is 12.3 Å². The molecule has 1 aliphatic heterocycles. The molecule has 0 aliphatic carbocycles. The van der Waals surface area contributed by atoms with Crippen LogP contribution >= 0.6 is 0 Å². The van der Waals surface area contributed by atoms with Crippen molar-refractivity contribution < 1.29 is 18.0 Å². The molecule has 1 fully saturated rings. The zero-order valence-corrected chi connectivity index (χ0v) is 15.4. The fourth-order valence-electron chi connectivity index (χ4n) is 3.56. The molecule has 1 saturated heterocycles. The quantitative estimate of drug-likeness (QED) is 0.708. The molecule has 0 bridgehead atoms. The van der Waals surface area contributed by atoms with E-state index in [-0.39, 0.29) is 23.5 Å². The Morgan fingerprint density at radius 1 is 1.00 bits per heavy atom. The number of piperazine rings is 1. The minimum atomic E-state index is -0.258. The van der Waals surface area contributed by atoms with Crippen LogP contribution in [0.1, 0.15) is 22.4 Å². The summed E-state index contributed by atoms with van der Waals surface area (Å²) in [5.41, 5.74) is 0.628. The highest BCUT2D eigenvalue weighted by atomic mass is 19.1. The molecule has 28 heavy (non-hydrogen) atoms. The van der Waals surface area contributed by atoms with Crippen molar-refractivity contribution in [2.24, 2.45) is 0 Å². The van der Waals surface area contributed by atoms with Crippen LogP contribution in [-0.2, 0) is 0 Å². The van der Waals surface area contributed by atoms with Gasteiger partial charge in [0.15, 0.2) is 5.76 Å². The standard InChI is InChI=1S/C21H22FN3O3/c22-16-5-1-2-6-17(16)24-9-11-25(12-10-24)18(19-7-3-13-27-19)15-23-21(26)20-8-4-14-28-20/h1-8,13-14,18H,9-12,15H2,(H,23,26)/t18-/m0/s1. The Morgan fingerprint density at radius 3 is 2.43 bits per heavy atom. The second-order valence-electron chi connectivity index (χ2n) is 6.69. The molecule has 0 saturated carbocycles. The molecule has 0 unspecified atom stereocenters. The second kappa shape index (κ2) is 8.31. The fraction of sp³-hybridized carbons (Fsp3) is 0.286. The molecule has 0 radical (unpaired) electrons. The van der Waals surface area contributed by atoms with Crippen LogP contribution in [0.25, 0.3) is 0 Å². The maximum absolute atomic E-state index is 14.1. The van der Waals surface area contributed by atoms with E-state index < -0.39 is 0 Å². The van der Waals surface area contributed by atoms with Crippen LogP contribution in [0.4, 0.5) is 10.1 Å². The normalized spacial score (nSPS) is 16.1. The highest BCUT2D eigenvalue weighted by molar-refractivity contribution is 5.91. The topological polar surface area (TPSA) is 61.9 Å². The molecule has 146 valence electrons. The summed E-state index contributed by atoms with van der Waals surface area (Å²) in [6.45, 7) is 3.26. The first kappa shape index (κ1) is 18.3. The van der Waals surface area contributed by atoms with E-state index in [9.17, 15) is 9.18 Å². The summed E-state index contributed by atoms with van der Waals surface area (Å²) >= 11 is 0. The predicted octanol–water partition coefficient (Wildman–Crippen LogP) is 3.31. The lowest BCUT2D eigenvalue weighted by molar-refractivity contribution is 0.0895. The lowest BCUT2D eigenvalue weighted by Gasteiger charge is -2.39. The van der Waals surface area contributed by atoms with Crippen molar-refractivity contribution >= 4 is 11.6 Å². The van der Waals surface area contributed by atoms with Gasteiger partial charge in [-0.2, -0.15) is 0 Å². The van der Waals surface area contributed by atoms with Crippen molar-refractivity contribution in [2.45, 2.75) is 6.04 Å². The summed E-state index contributed by atoms with van der Waals surface area (Å²) in [6, 6.07) is 13.8. The van der Waals surface area contributed by atoms with Gasteiger partial charge in [0.1, 0.15) is 11.6 Å². The van der Waals surface area contributed by atoms with E-state index in [1.54, 1.807) is 30.5 Å². The molecular formula is C21H22FN3O3. The number of carbonyl (C=O) groups excluding carboxylic acids is 1. The highest BCUT2D eigenvalue weighted by Gasteiger charge is 2.28. The maximum Gasteiger partial charge on any atom is 0.287 e. The van der Waals surface area contributed by atoms with Gasteiger partial charge in [-0.25, -0.2) is 4.39 Å². The summed E-state index contributed by atoms with van der Waals surface area (Å²) in [6.07, 6.45) is 3.10. The predicted molar refractivity (Wildman–Crippen MR) is 103 cm³/mol. The van der Waals surface area contributed by atoms with E-state index in [0.29, 0.717) is 25.3 Å². The monoisotopic (exact) mass is 383 g/mol. The Balaban J connectivity index is 1.42. The number of furan rings is 2. The van der Waals surface area contributed by atoms with Gasteiger partial charge >= 0.3 is 0 Å². The highest BCUT2D eigenvalue weighted by Crippen LogP contribution is 2.25. The zero-order valence-electron chi connectivity index (χ0n) is 15.4. The number of nitrogens with zero attached hydrogens (tertiary/aromatic N) is 2. The molecule has 6 nitrogen and oxygen atoms in total. The number of para-hydroxylation sites is 1. The average Bonchev–Trinajstić information content (AvgIpc) is 3.43. The molecule has 3 heterocycles. The Hall–Kier alpha value is -3.06. The summed E-state index contributed by atoms with van der Waals surface area (Å²) in [5.74, 6) is 0.609. The van der Waals surface area contributed by atoms with Gasteiger partial charge in [0.2, 0.25) is 0 Å². The van der Waals surface area contributed by atoms with Crippen LogP contribution in [-0.4, -0.2) is 43.5 Å². The maximum atomic E-state index is 14.1. The Kier molecular flexibility index (Phi) is 5.43. The van der Waals surface area contributed by atoms with Crippen molar-refractivity contribution in [3.8, 4) is 0 Å². The van der Waals surface area contributed by atoms with Crippen LogP contribution in [0.15, 0.2) is 69.9 Å². The minimum Gasteiger partial charge on any atom is -0.468 e. The van der Waals surface area contributed by atoms with Crippen molar-refractivity contribution in [1.29, 1.82) is 0 Å². The first-order valence-corrected chi connectivity index (χ1v) is 9.31. The molecule has 3 aromatic rings. The van der Waals surface area contributed by atoms with Crippen molar-refractivity contribution in [1.82, 2.24) is 10.2 Å². The molecular weight excluding hydrogens is 361 g/mol. The number of nitrogens with one attached hydrogen (secondary N) is 1. The van der Waals surface area contributed by atoms with Crippen molar-refractivity contribution in [3.05, 3.63) is 78.4 Å². The average molecular weight is 383 g/mol. The molecule has 1 amide bonds.